The molecule has 2 saturated heterocycles. The number of hydrogen-bond donors (Lipinski definition) is 3. The molecule has 2 aliphatic heterocycles. The molecule has 9 nitrogen and oxygen atoms in total. The van der Waals surface area contributed by atoms with Crippen LogP contribution in [0.4, 0.5) is 4.79 Å². The fraction of sp³-hybridized carbons (Fsp3) is 0.471. The summed E-state index contributed by atoms with van der Waals surface area (Å²) in [5.41, 5.74) is 0. The normalized spacial score (nSPS) is 25.0. The van der Waals surface area contributed by atoms with Gasteiger partial charge in [0.25, 0.3) is 5.91 Å². The van der Waals surface area contributed by atoms with Crippen molar-refractivity contribution in [3.05, 3.63) is 30.3 Å². The Labute approximate surface area is 151 Å². The number of para-hydroxylation sites is 1. The second kappa shape index (κ2) is 7.61. The highest BCUT2D eigenvalue weighted by Crippen LogP contribution is 2.20. The Hall–Kier alpha value is -2.81. The number of benzene rings is 1. The van der Waals surface area contributed by atoms with Gasteiger partial charge in [0.2, 0.25) is 0 Å². The fourth-order valence-electron chi connectivity index (χ4n) is 2.96. The maximum absolute atomic E-state index is 12.4. The molecule has 3 rings (SSSR count). The van der Waals surface area contributed by atoms with Gasteiger partial charge >= 0.3 is 6.03 Å². The predicted molar refractivity (Wildman–Crippen MR) is 94.6 cm³/mol. The summed E-state index contributed by atoms with van der Waals surface area (Å²) < 4.78 is 5.72. The second-order valence-electron chi connectivity index (χ2n) is 6.31. The third kappa shape index (κ3) is 3.72. The molecule has 140 valence electrons. The number of ether oxygens (including phenoxy) is 1. The first-order valence-corrected chi connectivity index (χ1v) is 8.48. The standard InChI is InChI=1S/C17H23N5O4/c1-11(23)10-18-16-19-14-13(15(24)20-17(25)21(14)2)22(16)8-9-26-12-6-4-3-5-7-12/h3-7,11,13-14,23H,8-10H2,1-2H3,(H,18,19)(H,20,24,25). The molecular formula is C17H23N5O4. The summed E-state index contributed by atoms with van der Waals surface area (Å²) >= 11 is 0. The van der Waals surface area contributed by atoms with E-state index >= 15 is 0 Å². The van der Waals surface area contributed by atoms with Crippen LogP contribution in [-0.4, -0.2) is 77.9 Å². The first kappa shape index (κ1) is 18.0. The first-order chi connectivity index (χ1) is 12.5. The van der Waals surface area contributed by atoms with Crippen LogP contribution in [0.15, 0.2) is 35.3 Å². The van der Waals surface area contributed by atoms with E-state index in [9.17, 15) is 14.7 Å². The van der Waals surface area contributed by atoms with Gasteiger partial charge in [0.05, 0.1) is 19.2 Å². The minimum absolute atomic E-state index is 0.192. The lowest BCUT2D eigenvalue weighted by atomic mass is 10.1. The molecule has 0 bridgehead atoms. The van der Waals surface area contributed by atoms with Crippen molar-refractivity contribution in [2.75, 3.05) is 26.7 Å². The van der Waals surface area contributed by atoms with E-state index in [2.05, 4.69) is 15.6 Å². The Kier molecular flexibility index (Phi) is 5.27. The van der Waals surface area contributed by atoms with E-state index in [0.29, 0.717) is 19.1 Å². The van der Waals surface area contributed by atoms with E-state index in [1.165, 1.54) is 4.90 Å². The monoisotopic (exact) mass is 361 g/mol. The summed E-state index contributed by atoms with van der Waals surface area (Å²) in [7, 11) is 1.61. The third-order valence-corrected chi connectivity index (χ3v) is 4.27. The summed E-state index contributed by atoms with van der Waals surface area (Å²) in [6.45, 7) is 2.57. The lowest BCUT2D eigenvalue weighted by Crippen LogP contribution is -2.65. The molecule has 9 heteroatoms. The van der Waals surface area contributed by atoms with E-state index in [-0.39, 0.29) is 12.5 Å². The van der Waals surface area contributed by atoms with E-state index in [1.807, 2.05) is 30.3 Å². The maximum Gasteiger partial charge on any atom is 0.325 e. The highest BCUT2D eigenvalue weighted by Gasteiger charge is 2.49. The molecule has 2 aliphatic rings. The lowest BCUT2D eigenvalue weighted by Gasteiger charge is -2.35. The number of urea groups is 1. The fourth-order valence-corrected chi connectivity index (χ4v) is 2.96. The molecule has 2 heterocycles. The number of amides is 3. The third-order valence-electron chi connectivity index (χ3n) is 4.27. The zero-order chi connectivity index (χ0) is 18.7. The van der Waals surface area contributed by atoms with Crippen molar-refractivity contribution >= 4 is 17.9 Å². The van der Waals surface area contributed by atoms with Gasteiger partial charge in [0.15, 0.2) is 12.0 Å². The van der Waals surface area contributed by atoms with Crippen LogP contribution in [0.3, 0.4) is 0 Å². The second-order valence-corrected chi connectivity index (χ2v) is 6.31. The van der Waals surface area contributed by atoms with Crippen LogP contribution in [0.5, 0.6) is 5.75 Å². The molecule has 0 saturated carbocycles. The Morgan fingerprint density at radius 1 is 1.31 bits per heavy atom. The number of fused-ring (bicyclic) bond motifs is 1. The molecule has 3 unspecified atom stereocenters. The number of nitrogens with one attached hydrogen (secondary N) is 2. The van der Waals surface area contributed by atoms with E-state index in [0.717, 1.165) is 5.75 Å². The molecular weight excluding hydrogens is 338 g/mol. The van der Waals surface area contributed by atoms with Crippen LogP contribution in [0, 0.1) is 0 Å². The zero-order valence-electron chi connectivity index (χ0n) is 14.8. The van der Waals surface area contributed by atoms with Crippen molar-refractivity contribution in [3.63, 3.8) is 0 Å². The smallest absolute Gasteiger partial charge is 0.325 e. The average Bonchev–Trinajstić information content (AvgIpc) is 2.98. The van der Waals surface area contributed by atoms with Crippen LogP contribution >= 0.6 is 0 Å². The average molecular weight is 361 g/mol. The molecule has 1 aromatic carbocycles. The van der Waals surface area contributed by atoms with Gasteiger partial charge in [0, 0.05) is 7.05 Å². The van der Waals surface area contributed by atoms with Gasteiger partial charge in [-0.1, -0.05) is 18.2 Å². The Bertz CT molecular complexity index is 694. The maximum atomic E-state index is 12.4. The molecule has 1 aromatic rings. The number of carbonyl (C=O) groups excluding carboxylic acids is 2. The van der Waals surface area contributed by atoms with Crippen molar-refractivity contribution in [2.24, 2.45) is 4.99 Å². The first-order valence-electron chi connectivity index (χ1n) is 8.48. The lowest BCUT2D eigenvalue weighted by molar-refractivity contribution is -0.127. The highest BCUT2D eigenvalue weighted by atomic mass is 16.5. The Balaban J connectivity index is 1.74. The summed E-state index contributed by atoms with van der Waals surface area (Å²) in [4.78, 5) is 31.8. The molecule has 3 N–H and O–H groups in total. The Morgan fingerprint density at radius 2 is 2.04 bits per heavy atom. The summed E-state index contributed by atoms with van der Waals surface area (Å²) in [6.07, 6.45) is -1.12. The number of aliphatic hydroxyl groups is 1. The van der Waals surface area contributed by atoms with Crippen LogP contribution in [-0.2, 0) is 4.79 Å². The molecule has 3 atom stereocenters. The largest absolute Gasteiger partial charge is 0.492 e. The number of carbonyl (C=O) groups is 2. The summed E-state index contributed by atoms with van der Waals surface area (Å²) in [6, 6.07) is 8.31. The highest BCUT2D eigenvalue weighted by molar-refractivity contribution is 6.04. The number of guanidine groups is 1. The quantitative estimate of drug-likeness (QED) is 0.636. The predicted octanol–water partition coefficient (Wildman–Crippen LogP) is -0.416. The van der Waals surface area contributed by atoms with Crippen LogP contribution < -0.4 is 15.4 Å². The minimum atomic E-state index is -0.609. The molecule has 3 amide bonds. The number of imide groups is 1. The van der Waals surface area contributed by atoms with Crippen molar-refractivity contribution in [1.29, 1.82) is 0 Å². The molecule has 2 fully saturated rings. The van der Waals surface area contributed by atoms with E-state index in [1.54, 1.807) is 18.9 Å². The molecule has 0 spiro atoms. The number of rotatable bonds is 6. The summed E-state index contributed by atoms with van der Waals surface area (Å²) in [5, 5.41) is 15.0. The topological polar surface area (TPSA) is 106 Å². The van der Waals surface area contributed by atoms with Gasteiger partial charge in [-0.15, -0.1) is 0 Å². The minimum Gasteiger partial charge on any atom is -0.492 e. The number of hydrogen-bond acceptors (Lipinski definition) is 5. The van der Waals surface area contributed by atoms with Gasteiger partial charge in [-0.05, 0) is 19.1 Å². The van der Waals surface area contributed by atoms with Crippen molar-refractivity contribution < 1.29 is 19.4 Å². The van der Waals surface area contributed by atoms with Crippen molar-refractivity contribution in [3.8, 4) is 5.75 Å². The van der Waals surface area contributed by atoms with Crippen molar-refractivity contribution in [1.82, 2.24) is 20.4 Å². The van der Waals surface area contributed by atoms with Gasteiger partial charge in [0.1, 0.15) is 18.5 Å². The van der Waals surface area contributed by atoms with Crippen LogP contribution in [0.2, 0.25) is 0 Å². The zero-order valence-corrected chi connectivity index (χ0v) is 14.8. The number of nitrogens with zero attached hydrogens (tertiary/aromatic N) is 3. The molecule has 0 radical (unpaired) electrons. The molecule has 0 aliphatic carbocycles. The van der Waals surface area contributed by atoms with E-state index < -0.39 is 24.3 Å². The van der Waals surface area contributed by atoms with E-state index in [4.69, 9.17) is 4.74 Å². The number of likely N-dealkylation sites (N-methyl/N-ethyl adjacent to an activating group) is 1. The van der Waals surface area contributed by atoms with Crippen LogP contribution in [0.25, 0.3) is 0 Å². The van der Waals surface area contributed by atoms with Gasteiger partial charge in [-0.2, -0.15) is 0 Å². The molecule has 0 aromatic heterocycles. The van der Waals surface area contributed by atoms with Gasteiger partial charge in [-0.25, -0.2) is 4.79 Å². The molecule has 26 heavy (non-hydrogen) atoms. The Morgan fingerprint density at radius 3 is 2.73 bits per heavy atom. The SMILES string of the molecule is CC(O)CN=C1NC2C(C(=O)NC(=O)N2C)N1CCOc1ccccc1. The summed E-state index contributed by atoms with van der Waals surface area (Å²) in [5.74, 6) is 0.820. The van der Waals surface area contributed by atoms with Gasteiger partial charge < -0.3 is 25.0 Å². The number of aliphatic hydroxyl groups excluding tert-OH is 1. The number of aliphatic imine (C=N–C) groups is 1. The van der Waals surface area contributed by atoms with Crippen LogP contribution in [0.1, 0.15) is 6.92 Å². The van der Waals surface area contributed by atoms with Gasteiger partial charge in [-0.3, -0.25) is 15.1 Å². The van der Waals surface area contributed by atoms with Crippen molar-refractivity contribution in [2.45, 2.75) is 25.2 Å².